The summed E-state index contributed by atoms with van der Waals surface area (Å²) in [5.74, 6) is -0.0951. The first kappa shape index (κ1) is 19.4. The van der Waals surface area contributed by atoms with E-state index in [1.165, 1.54) is 44.2 Å². The van der Waals surface area contributed by atoms with Crippen LogP contribution >= 0.6 is 0 Å². The Balaban J connectivity index is 1.58. The van der Waals surface area contributed by atoms with E-state index in [-0.39, 0.29) is 11.3 Å². The maximum absolute atomic E-state index is 14.9. The van der Waals surface area contributed by atoms with Crippen molar-refractivity contribution < 1.29 is 18.7 Å². The van der Waals surface area contributed by atoms with Crippen molar-refractivity contribution in [1.82, 2.24) is 0 Å². The number of carboxylic acid groups (broad SMARTS) is 1. The Morgan fingerprint density at radius 2 is 1.82 bits per heavy atom. The van der Waals surface area contributed by atoms with Crippen LogP contribution in [0.1, 0.15) is 80.1 Å². The first-order chi connectivity index (χ1) is 13.5. The average Bonchev–Trinajstić information content (AvgIpc) is 2.68. The Bertz CT molecular complexity index is 892. The van der Waals surface area contributed by atoms with Gasteiger partial charge in [0.1, 0.15) is 11.6 Å². The van der Waals surface area contributed by atoms with Gasteiger partial charge in [0.15, 0.2) is 0 Å². The largest absolute Gasteiger partial charge is 0.478 e. The molecular weight excluding hydrogens is 358 g/mol. The Hall–Kier alpha value is -1.97. The molecule has 2 saturated carbocycles. The van der Waals surface area contributed by atoms with Gasteiger partial charge in [-0.25, -0.2) is 13.6 Å². The van der Waals surface area contributed by atoms with Gasteiger partial charge in [-0.05, 0) is 84.9 Å². The van der Waals surface area contributed by atoms with Gasteiger partial charge < -0.3 is 5.11 Å². The van der Waals surface area contributed by atoms with Crippen LogP contribution in [-0.4, -0.2) is 11.1 Å². The third kappa shape index (κ3) is 3.54. The molecule has 0 heterocycles. The third-order valence-electron chi connectivity index (χ3n) is 7.16. The first-order valence-electron chi connectivity index (χ1n) is 10.6. The number of hydrogen-bond donors (Lipinski definition) is 1. The fourth-order valence-corrected chi connectivity index (χ4v) is 5.74. The van der Waals surface area contributed by atoms with Gasteiger partial charge in [-0.2, -0.15) is 0 Å². The molecule has 4 unspecified atom stereocenters. The van der Waals surface area contributed by atoms with Crippen LogP contribution in [0.4, 0.5) is 8.78 Å². The molecule has 150 valence electrons. The van der Waals surface area contributed by atoms with Gasteiger partial charge in [-0.3, -0.25) is 0 Å². The fraction of sp³-hybridized carbons (Fsp3) is 0.542. The summed E-state index contributed by atoms with van der Waals surface area (Å²) in [6.45, 7) is 2.26. The number of carboxylic acids is 1. The van der Waals surface area contributed by atoms with E-state index in [0.29, 0.717) is 16.9 Å². The van der Waals surface area contributed by atoms with Crippen molar-refractivity contribution in [1.29, 1.82) is 0 Å². The normalized spacial score (nSPS) is 27.5. The molecule has 0 saturated heterocycles. The van der Waals surface area contributed by atoms with Crippen LogP contribution in [0, 0.1) is 29.4 Å². The molecule has 4 rings (SSSR count). The predicted octanol–water partition coefficient (Wildman–Crippen LogP) is 6.92. The van der Waals surface area contributed by atoms with Crippen molar-refractivity contribution in [3.8, 4) is 0 Å². The lowest BCUT2D eigenvalue weighted by molar-refractivity contribution is 0.0692. The zero-order valence-corrected chi connectivity index (χ0v) is 16.4. The molecule has 0 amide bonds. The fourth-order valence-electron chi connectivity index (χ4n) is 5.74. The van der Waals surface area contributed by atoms with Gasteiger partial charge in [0.05, 0.1) is 5.56 Å². The van der Waals surface area contributed by atoms with Crippen molar-refractivity contribution in [2.24, 2.45) is 17.8 Å². The molecule has 0 radical (unpaired) electrons. The summed E-state index contributed by atoms with van der Waals surface area (Å²) in [6.07, 6.45) is 9.61. The number of carbonyl (C=O) groups is 1. The number of aromatic carboxylic acids is 1. The molecular formula is C24H28F2O2. The van der Waals surface area contributed by atoms with Crippen molar-refractivity contribution in [2.45, 2.75) is 64.2 Å². The van der Waals surface area contributed by atoms with Gasteiger partial charge in [0.2, 0.25) is 0 Å². The number of halogens is 2. The van der Waals surface area contributed by atoms with E-state index in [9.17, 15) is 13.6 Å². The van der Waals surface area contributed by atoms with E-state index in [0.717, 1.165) is 31.1 Å². The van der Waals surface area contributed by atoms with Crippen LogP contribution in [0.5, 0.6) is 0 Å². The Labute approximate surface area is 164 Å². The monoisotopic (exact) mass is 386 g/mol. The lowest BCUT2D eigenvalue weighted by Crippen LogP contribution is -2.30. The molecule has 2 aliphatic carbocycles. The lowest BCUT2D eigenvalue weighted by atomic mass is 9.63. The highest BCUT2D eigenvalue weighted by Crippen LogP contribution is 2.49. The van der Waals surface area contributed by atoms with Crippen molar-refractivity contribution in [3.05, 3.63) is 47.0 Å². The maximum Gasteiger partial charge on any atom is 0.338 e. The van der Waals surface area contributed by atoms with Crippen LogP contribution in [0.25, 0.3) is 10.8 Å². The molecule has 4 heteroatoms. The zero-order chi connectivity index (χ0) is 19.8. The second-order valence-electron chi connectivity index (χ2n) is 8.83. The molecule has 2 aromatic carbocycles. The molecule has 0 bridgehead atoms. The molecule has 2 aliphatic rings. The first-order valence-corrected chi connectivity index (χ1v) is 10.6. The minimum atomic E-state index is -1.33. The van der Waals surface area contributed by atoms with Gasteiger partial charge in [0, 0.05) is 5.39 Å². The minimum Gasteiger partial charge on any atom is -0.478 e. The number of hydrogen-bond acceptors (Lipinski definition) is 1. The Kier molecular flexibility index (Phi) is 5.39. The van der Waals surface area contributed by atoms with E-state index >= 15 is 0 Å². The average molecular weight is 386 g/mol. The van der Waals surface area contributed by atoms with Crippen molar-refractivity contribution in [3.63, 3.8) is 0 Å². The van der Waals surface area contributed by atoms with Crippen LogP contribution < -0.4 is 0 Å². The van der Waals surface area contributed by atoms with Crippen molar-refractivity contribution in [2.75, 3.05) is 0 Å². The van der Waals surface area contributed by atoms with E-state index in [1.54, 1.807) is 12.1 Å². The highest BCUT2D eigenvalue weighted by Gasteiger charge is 2.36. The number of fused-ring (bicyclic) bond motifs is 2. The summed E-state index contributed by atoms with van der Waals surface area (Å²) in [5.41, 5.74) is 0.258. The van der Waals surface area contributed by atoms with Gasteiger partial charge in [-0.15, -0.1) is 0 Å². The zero-order valence-electron chi connectivity index (χ0n) is 16.4. The molecule has 2 aromatic rings. The van der Waals surface area contributed by atoms with E-state index in [1.807, 2.05) is 0 Å². The lowest BCUT2D eigenvalue weighted by Gasteiger charge is -2.42. The molecule has 0 aromatic heterocycles. The van der Waals surface area contributed by atoms with Crippen LogP contribution in [0.3, 0.4) is 0 Å². The summed E-state index contributed by atoms with van der Waals surface area (Å²) in [4.78, 5) is 11.1. The Morgan fingerprint density at radius 3 is 2.57 bits per heavy atom. The topological polar surface area (TPSA) is 37.3 Å². The minimum absolute atomic E-state index is 0.0508. The standard InChI is InChI=1S/C24H28F2O2/c1-2-3-14-4-5-16-11-17(7-6-15(16)10-14)20-12-18-8-9-19(24(27)28)23(26)21(18)13-22(20)25/h8-9,12-17H,2-7,10-11H2,1H3,(H,27,28). The second kappa shape index (κ2) is 7.81. The quantitative estimate of drug-likeness (QED) is 0.619. The number of benzene rings is 2. The molecule has 28 heavy (non-hydrogen) atoms. The maximum atomic E-state index is 14.9. The summed E-state index contributed by atoms with van der Waals surface area (Å²) >= 11 is 0. The smallest absolute Gasteiger partial charge is 0.338 e. The van der Waals surface area contributed by atoms with E-state index in [4.69, 9.17) is 5.11 Å². The number of rotatable bonds is 4. The second-order valence-corrected chi connectivity index (χ2v) is 8.83. The third-order valence-corrected chi connectivity index (χ3v) is 7.16. The molecule has 1 N–H and O–H groups in total. The van der Waals surface area contributed by atoms with E-state index < -0.39 is 23.2 Å². The molecule has 0 aliphatic heterocycles. The predicted molar refractivity (Wildman–Crippen MR) is 107 cm³/mol. The summed E-state index contributed by atoms with van der Waals surface area (Å²) < 4.78 is 29.3. The van der Waals surface area contributed by atoms with Crippen LogP contribution in [-0.2, 0) is 0 Å². The van der Waals surface area contributed by atoms with Crippen molar-refractivity contribution >= 4 is 16.7 Å². The SMILES string of the molecule is CCCC1CCC2CC(c3cc4ccc(C(=O)O)c(F)c4cc3F)CCC2C1. The van der Waals surface area contributed by atoms with Gasteiger partial charge >= 0.3 is 5.97 Å². The van der Waals surface area contributed by atoms with Gasteiger partial charge in [0.25, 0.3) is 0 Å². The molecule has 2 nitrogen and oxygen atoms in total. The summed E-state index contributed by atoms with van der Waals surface area (Å²) in [6, 6.07) is 5.80. The molecule has 4 atom stereocenters. The highest BCUT2D eigenvalue weighted by molar-refractivity contribution is 5.95. The molecule has 2 fully saturated rings. The van der Waals surface area contributed by atoms with E-state index in [2.05, 4.69) is 6.92 Å². The van der Waals surface area contributed by atoms with Gasteiger partial charge in [-0.1, -0.05) is 32.3 Å². The molecule has 0 spiro atoms. The van der Waals surface area contributed by atoms with Crippen LogP contribution in [0.15, 0.2) is 24.3 Å². The summed E-state index contributed by atoms with van der Waals surface area (Å²) in [7, 11) is 0. The highest BCUT2D eigenvalue weighted by atomic mass is 19.1. The Morgan fingerprint density at radius 1 is 1.07 bits per heavy atom. The summed E-state index contributed by atoms with van der Waals surface area (Å²) in [5, 5.41) is 9.71. The van der Waals surface area contributed by atoms with Crippen LogP contribution in [0.2, 0.25) is 0 Å².